The van der Waals surface area contributed by atoms with Crippen LogP contribution in [-0.2, 0) is 0 Å². The Morgan fingerprint density at radius 2 is 2.12 bits per heavy atom. The molecule has 5 nitrogen and oxygen atoms in total. The zero-order valence-electron chi connectivity index (χ0n) is 13.3. The van der Waals surface area contributed by atoms with E-state index in [4.69, 9.17) is 17.3 Å². The molecule has 24 heavy (non-hydrogen) atoms. The van der Waals surface area contributed by atoms with Crippen LogP contribution in [0.5, 0.6) is 0 Å². The molecular formula is C18H20ClN5. The van der Waals surface area contributed by atoms with E-state index in [2.05, 4.69) is 26.3 Å². The summed E-state index contributed by atoms with van der Waals surface area (Å²) in [6.45, 7) is 0. The molecule has 1 fully saturated rings. The van der Waals surface area contributed by atoms with E-state index in [0.717, 1.165) is 47.8 Å². The van der Waals surface area contributed by atoms with Crippen molar-refractivity contribution in [3.05, 3.63) is 41.7 Å². The van der Waals surface area contributed by atoms with Crippen LogP contribution in [0, 0.1) is 0 Å². The second-order valence-electron chi connectivity index (χ2n) is 6.41. The van der Waals surface area contributed by atoms with Crippen molar-refractivity contribution in [1.29, 1.82) is 0 Å². The van der Waals surface area contributed by atoms with Crippen molar-refractivity contribution in [2.75, 3.05) is 5.32 Å². The number of rotatable bonds is 3. The number of halogens is 1. The first-order chi connectivity index (χ1) is 11.7. The van der Waals surface area contributed by atoms with Gasteiger partial charge in [0.25, 0.3) is 0 Å². The summed E-state index contributed by atoms with van der Waals surface area (Å²) in [4.78, 5) is 12.3. The van der Waals surface area contributed by atoms with Crippen LogP contribution in [0.2, 0.25) is 5.02 Å². The highest BCUT2D eigenvalue weighted by Gasteiger charge is 2.20. The summed E-state index contributed by atoms with van der Waals surface area (Å²) >= 11 is 6.37. The number of hydrogen-bond donors (Lipinski definition) is 3. The smallest absolute Gasteiger partial charge is 0.223 e. The maximum Gasteiger partial charge on any atom is 0.223 e. The number of benzene rings is 1. The third-order valence-electron chi connectivity index (χ3n) is 4.64. The normalized spacial score (nSPS) is 21.1. The Kier molecular flexibility index (Phi) is 4.12. The monoisotopic (exact) mass is 341 g/mol. The number of hydrogen-bond acceptors (Lipinski definition) is 4. The summed E-state index contributed by atoms with van der Waals surface area (Å²) in [5, 5.41) is 5.07. The molecule has 0 aliphatic heterocycles. The number of anilines is 1. The van der Waals surface area contributed by atoms with Crippen LogP contribution in [0.1, 0.15) is 25.7 Å². The van der Waals surface area contributed by atoms with Gasteiger partial charge in [-0.3, -0.25) is 0 Å². The van der Waals surface area contributed by atoms with Crippen molar-refractivity contribution >= 4 is 28.5 Å². The fourth-order valence-corrected chi connectivity index (χ4v) is 3.63. The number of nitrogens with zero attached hydrogens (tertiary/aromatic N) is 2. The van der Waals surface area contributed by atoms with E-state index in [1.165, 1.54) is 0 Å². The summed E-state index contributed by atoms with van der Waals surface area (Å²) in [5.41, 5.74) is 8.86. The van der Waals surface area contributed by atoms with Crippen LogP contribution in [-0.4, -0.2) is 27.0 Å². The van der Waals surface area contributed by atoms with Gasteiger partial charge in [0, 0.05) is 34.7 Å². The van der Waals surface area contributed by atoms with E-state index in [9.17, 15) is 0 Å². The number of aromatic amines is 1. The van der Waals surface area contributed by atoms with E-state index >= 15 is 0 Å². The van der Waals surface area contributed by atoms with Crippen molar-refractivity contribution in [3.8, 4) is 11.3 Å². The number of fused-ring (bicyclic) bond motifs is 1. The summed E-state index contributed by atoms with van der Waals surface area (Å²) in [6.07, 6.45) is 7.90. The molecule has 124 valence electrons. The van der Waals surface area contributed by atoms with Gasteiger partial charge in [-0.15, -0.1) is 0 Å². The number of nitrogens with one attached hydrogen (secondary N) is 2. The van der Waals surface area contributed by atoms with E-state index in [1.54, 1.807) is 6.20 Å². The second-order valence-corrected chi connectivity index (χ2v) is 6.81. The average Bonchev–Trinajstić information content (AvgIpc) is 3.01. The van der Waals surface area contributed by atoms with Gasteiger partial charge in [-0.1, -0.05) is 29.8 Å². The third kappa shape index (κ3) is 2.97. The predicted molar refractivity (Wildman–Crippen MR) is 98.2 cm³/mol. The van der Waals surface area contributed by atoms with Crippen LogP contribution in [0.3, 0.4) is 0 Å². The van der Waals surface area contributed by atoms with Gasteiger partial charge in [0.1, 0.15) is 0 Å². The fourth-order valence-electron chi connectivity index (χ4n) is 3.43. The lowest BCUT2D eigenvalue weighted by molar-refractivity contribution is 0.408. The van der Waals surface area contributed by atoms with E-state index in [-0.39, 0.29) is 6.04 Å². The number of nitrogens with two attached hydrogens (primary N) is 1. The standard InChI is InChI=1S/C18H20ClN5/c19-15-10-22-18(23-12-5-3-4-11(20)8-12)24-17(15)14-9-21-16-7-2-1-6-13(14)16/h1-2,6-7,9-12,21H,3-5,8,20H2,(H,22,23,24)/t11-,12+/m0/s1. The van der Waals surface area contributed by atoms with Gasteiger partial charge < -0.3 is 16.0 Å². The number of aromatic nitrogens is 3. The van der Waals surface area contributed by atoms with Gasteiger partial charge >= 0.3 is 0 Å². The van der Waals surface area contributed by atoms with Crippen molar-refractivity contribution in [1.82, 2.24) is 15.0 Å². The lowest BCUT2D eigenvalue weighted by atomic mass is 9.92. The first kappa shape index (κ1) is 15.4. The highest BCUT2D eigenvalue weighted by molar-refractivity contribution is 6.33. The Balaban J connectivity index is 1.66. The van der Waals surface area contributed by atoms with Gasteiger partial charge in [-0.2, -0.15) is 0 Å². The molecule has 0 unspecified atom stereocenters. The highest BCUT2D eigenvalue weighted by atomic mass is 35.5. The van der Waals surface area contributed by atoms with E-state index in [1.807, 2.05) is 24.4 Å². The molecule has 0 amide bonds. The molecule has 0 radical (unpaired) electrons. The Hall–Kier alpha value is -2.11. The lowest BCUT2D eigenvalue weighted by Crippen LogP contribution is -2.35. The third-order valence-corrected chi connectivity index (χ3v) is 4.91. The molecule has 1 aliphatic carbocycles. The summed E-state index contributed by atoms with van der Waals surface area (Å²) in [7, 11) is 0. The van der Waals surface area contributed by atoms with Gasteiger partial charge in [-0.25, -0.2) is 9.97 Å². The second kappa shape index (κ2) is 6.42. The van der Waals surface area contributed by atoms with Gasteiger partial charge in [-0.05, 0) is 31.7 Å². The molecule has 0 spiro atoms. The molecule has 1 saturated carbocycles. The van der Waals surface area contributed by atoms with Crippen molar-refractivity contribution in [2.45, 2.75) is 37.8 Å². The molecule has 4 rings (SSSR count). The molecule has 4 N–H and O–H groups in total. The molecule has 2 aromatic heterocycles. The Labute approximate surface area is 145 Å². The van der Waals surface area contributed by atoms with Crippen LogP contribution in [0.4, 0.5) is 5.95 Å². The van der Waals surface area contributed by atoms with Crippen LogP contribution >= 0.6 is 11.6 Å². The van der Waals surface area contributed by atoms with Gasteiger partial charge in [0.05, 0.1) is 16.9 Å². The van der Waals surface area contributed by atoms with E-state index < -0.39 is 0 Å². The first-order valence-corrected chi connectivity index (χ1v) is 8.69. The zero-order chi connectivity index (χ0) is 16.5. The quantitative estimate of drug-likeness (QED) is 0.673. The van der Waals surface area contributed by atoms with Crippen molar-refractivity contribution in [2.24, 2.45) is 5.73 Å². The molecule has 6 heteroatoms. The minimum Gasteiger partial charge on any atom is -0.360 e. The molecule has 1 aromatic carbocycles. The number of H-pyrrole nitrogens is 1. The molecule has 0 bridgehead atoms. The maximum atomic E-state index is 6.37. The average molecular weight is 342 g/mol. The Morgan fingerprint density at radius 3 is 3.00 bits per heavy atom. The molecule has 0 saturated heterocycles. The Bertz CT molecular complexity index is 859. The zero-order valence-corrected chi connectivity index (χ0v) is 14.1. The molecular weight excluding hydrogens is 322 g/mol. The van der Waals surface area contributed by atoms with E-state index in [0.29, 0.717) is 17.0 Å². The maximum absolute atomic E-state index is 6.37. The topological polar surface area (TPSA) is 79.6 Å². The SMILES string of the molecule is N[C@H]1CCC[C@@H](Nc2ncc(Cl)c(-c3c[nH]c4ccccc34)n2)C1. The first-order valence-electron chi connectivity index (χ1n) is 8.32. The highest BCUT2D eigenvalue weighted by Crippen LogP contribution is 2.32. The minimum absolute atomic E-state index is 0.261. The van der Waals surface area contributed by atoms with Crippen LogP contribution in [0.15, 0.2) is 36.7 Å². The summed E-state index contributed by atoms with van der Waals surface area (Å²) in [6, 6.07) is 8.70. The number of para-hydroxylation sites is 1. The molecule has 2 atom stereocenters. The van der Waals surface area contributed by atoms with Crippen LogP contribution in [0.25, 0.3) is 22.2 Å². The largest absolute Gasteiger partial charge is 0.360 e. The van der Waals surface area contributed by atoms with Crippen LogP contribution < -0.4 is 11.1 Å². The molecule has 2 heterocycles. The minimum atomic E-state index is 0.261. The Morgan fingerprint density at radius 1 is 1.25 bits per heavy atom. The molecule has 1 aliphatic rings. The fraction of sp³-hybridized carbons (Fsp3) is 0.333. The van der Waals surface area contributed by atoms with Gasteiger partial charge in [0.15, 0.2) is 0 Å². The lowest BCUT2D eigenvalue weighted by Gasteiger charge is -2.27. The summed E-state index contributed by atoms with van der Waals surface area (Å²) < 4.78 is 0. The van der Waals surface area contributed by atoms with Crippen molar-refractivity contribution in [3.63, 3.8) is 0 Å². The van der Waals surface area contributed by atoms with Crippen molar-refractivity contribution < 1.29 is 0 Å². The predicted octanol–water partition coefficient (Wildman–Crippen LogP) is 3.96. The molecule has 3 aromatic rings. The van der Waals surface area contributed by atoms with Gasteiger partial charge in [0.2, 0.25) is 5.95 Å². The summed E-state index contributed by atoms with van der Waals surface area (Å²) in [5.74, 6) is 0.610.